The summed E-state index contributed by atoms with van der Waals surface area (Å²) in [7, 11) is 0. The van der Waals surface area contributed by atoms with Crippen LogP contribution in [0.15, 0.2) is 21.1 Å². The van der Waals surface area contributed by atoms with Gasteiger partial charge in [-0.2, -0.15) is 4.98 Å². The molecule has 0 saturated carbocycles. The maximum atomic E-state index is 12.7. The standard InChI is InChI=1S/C15H19N3O3/c1-10-7-8-13(20-10)15(19)18-9-5-3-4-6-12(18)14-16-11(2)21-17-14/h7-8,12H,3-6,9H2,1-2H3/t12-/m1/s1. The minimum atomic E-state index is -0.136. The molecule has 2 aromatic heterocycles. The molecule has 1 atom stereocenters. The van der Waals surface area contributed by atoms with Crippen molar-refractivity contribution in [1.29, 1.82) is 0 Å². The lowest BCUT2D eigenvalue weighted by atomic mass is 10.1. The Balaban J connectivity index is 1.90. The molecule has 3 rings (SSSR count). The van der Waals surface area contributed by atoms with Crippen LogP contribution in [-0.4, -0.2) is 27.5 Å². The first-order chi connectivity index (χ1) is 10.1. The van der Waals surface area contributed by atoms with Crippen LogP contribution < -0.4 is 0 Å². The summed E-state index contributed by atoms with van der Waals surface area (Å²) in [6.07, 6.45) is 4.00. The number of amides is 1. The van der Waals surface area contributed by atoms with E-state index in [4.69, 9.17) is 8.94 Å². The van der Waals surface area contributed by atoms with Crippen LogP contribution >= 0.6 is 0 Å². The zero-order chi connectivity index (χ0) is 14.8. The van der Waals surface area contributed by atoms with E-state index >= 15 is 0 Å². The summed E-state index contributed by atoms with van der Waals surface area (Å²) < 4.78 is 10.5. The molecule has 1 amide bonds. The summed E-state index contributed by atoms with van der Waals surface area (Å²) in [5, 5.41) is 4.00. The van der Waals surface area contributed by atoms with Gasteiger partial charge >= 0.3 is 0 Å². The first-order valence-corrected chi connectivity index (χ1v) is 7.33. The normalized spacial score (nSPS) is 19.5. The highest BCUT2D eigenvalue weighted by molar-refractivity contribution is 5.91. The number of nitrogens with zero attached hydrogens (tertiary/aromatic N) is 3. The molecule has 1 aliphatic heterocycles. The van der Waals surface area contributed by atoms with Crippen LogP contribution in [0.5, 0.6) is 0 Å². The quantitative estimate of drug-likeness (QED) is 0.849. The molecular formula is C15H19N3O3. The summed E-state index contributed by atoms with van der Waals surface area (Å²) in [6.45, 7) is 4.28. The number of rotatable bonds is 2. The van der Waals surface area contributed by atoms with Gasteiger partial charge < -0.3 is 13.8 Å². The van der Waals surface area contributed by atoms with Gasteiger partial charge in [-0.1, -0.05) is 18.0 Å². The van der Waals surface area contributed by atoms with E-state index in [0.29, 0.717) is 24.0 Å². The number of carbonyl (C=O) groups excluding carboxylic acids is 1. The molecule has 0 aliphatic carbocycles. The number of likely N-dealkylation sites (tertiary alicyclic amines) is 1. The predicted molar refractivity (Wildman–Crippen MR) is 74.7 cm³/mol. The van der Waals surface area contributed by atoms with Crippen LogP contribution in [0.3, 0.4) is 0 Å². The molecule has 0 spiro atoms. The second-order valence-electron chi connectivity index (χ2n) is 5.45. The number of carbonyl (C=O) groups is 1. The molecule has 0 unspecified atom stereocenters. The van der Waals surface area contributed by atoms with E-state index in [-0.39, 0.29) is 11.9 Å². The zero-order valence-electron chi connectivity index (χ0n) is 12.3. The molecule has 0 bridgehead atoms. The molecule has 1 saturated heterocycles. The molecule has 1 aliphatic rings. The van der Waals surface area contributed by atoms with Gasteiger partial charge in [0.15, 0.2) is 11.6 Å². The van der Waals surface area contributed by atoms with E-state index in [9.17, 15) is 4.79 Å². The Hall–Kier alpha value is -2.11. The van der Waals surface area contributed by atoms with Gasteiger partial charge in [0.2, 0.25) is 5.89 Å². The maximum absolute atomic E-state index is 12.7. The van der Waals surface area contributed by atoms with Gasteiger partial charge in [0.05, 0.1) is 6.04 Å². The fourth-order valence-electron chi connectivity index (χ4n) is 2.76. The largest absolute Gasteiger partial charge is 0.456 e. The van der Waals surface area contributed by atoms with E-state index in [1.807, 2.05) is 11.8 Å². The molecule has 112 valence electrons. The van der Waals surface area contributed by atoms with Gasteiger partial charge in [0, 0.05) is 13.5 Å². The molecule has 6 heteroatoms. The van der Waals surface area contributed by atoms with Crippen molar-refractivity contribution in [2.45, 2.75) is 45.6 Å². The minimum Gasteiger partial charge on any atom is -0.456 e. The second kappa shape index (κ2) is 5.71. The van der Waals surface area contributed by atoms with Crippen LogP contribution in [0.4, 0.5) is 0 Å². The Morgan fingerprint density at radius 3 is 2.81 bits per heavy atom. The first-order valence-electron chi connectivity index (χ1n) is 7.33. The molecule has 2 aromatic rings. The molecule has 1 fully saturated rings. The average molecular weight is 289 g/mol. The molecule has 3 heterocycles. The fraction of sp³-hybridized carbons (Fsp3) is 0.533. The third-order valence-corrected chi connectivity index (χ3v) is 3.81. The summed E-state index contributed by atoms with van der Waals surface area (Å²) in [6, 6.07) is 3.39. The first kappa shape index (κ1) is 13.9. The smallest absolute Gasteiger partial charge is 0.290 e. The highest BCUT2D eigenvalue weighted by atomic mass is 16.5. The van der Waals surface area contributed by atoms with Crippen LogP contribution in [0.25, 0.3) is 0 Å². The number of furan rings is 1. The molecule has 0 N–H and O–H groups in total. The maximum Gasteiger partial charge on any atom is 0.290 e. The van der Waals surface area contributed by atoms with Gasteiger partial charge in [0.25, 0.3) is 5.91 Å². The predicted octanol–water partition coefficient (Wildman–Crippen LogP) is 3.04. The van der Waals surface area contributed by atoms with Gasteiger partial charge in [-0.05, 0) is 31.9 Å². The van der Waals surface area contributed by atoms with Crippen molar-refractivity contribution >= 4 is 5.91 Å². The lowest BCUT2D eigenvalue weighted by Crippen LogP contribution is -2.35. The van der Waals surface area contributed by atoms with E-state index in [1.54, 1.807) is 19.1 Å². The van der Waals surface area contributed by atoms with E-state index in [0.717, 1.165) is 31.4 Å². The van der Waals surface area contributed by atoms with Crippen LogP contribution in [0.1, 0.15) is 59.8 Å². The number of aryl methyl sites for hydroxylation is 2. The molecule has 21 heavy (non-hydrogen) atoms. The zero-order valence-corrected chi connectivity index (χ0v) is 12.3. The molecule has 6 nitrogen and oxygen atoms in total. The van der Waals surface area contributed by atoms with E-state index < -0.39 is 0 Å². The summed E-state index contributed by atoms with van der Waals surface area (Å²) in [5.41, 5.74) is 0. The number of hydrogen-bond acceptors (Lipinski definition) is 5. The average Bonchev–Trinajstić information content (AvgIpc) is 3.00. The topological polar surface area (TPSA) is 72.4 Å². The third-order valence-electron chi connectivity index (χ3n) is 3.81. The monoisotopic (exact) mass is 289 g/mol. The van der Waals surface area contributed by atoms with Crippen LogP contribution in [0, 0.1) is 13.8 Å². The lowest BCUT2D eigenvalue weighted by Gasteiger charge is -2.26. The van der Waals surface area contributed by atoms with Crippen molar-refractivity contribution in [2.75, 3.05) is 6.54 Å². The van der Waals surface area contributed by atoms with Crippen molar-refractivity contribution in [3.63, 3.8) is 0 Å². The molecule has 0 radical (unpaired) electrons. The minimum absolute atomic E-state index is 0.0996. The second-order valence-corrected chi connectivity index (χ2v) is 5.45. The van der Waals surface area contributed by atoms with Crippen molar-refractivity contribution in [2.24, 2.45) is 0 Å². The van der Waals surface area contributed by atoms with E-state index in [2.05, 4.69) is 10.1 Å². The number of hydrogen-bond donors (Lipinski definition) is 0. The Morgan fingerprint density at radius 2 is 2.14 bits per heavy atom. The van der Waals surface area contributed by atoms with Crippen LogP contribution in [0.2, 0.25) is 0 Å². The summed E-state index contributed by atoms with van der Waals surface area (Å²) in [5.74, 6) is 2.12. The number of aromatic nitrogens is 2. The fourth-order valence-corrected chi connectivity index (χ4v) is 2.76. The summed E-state index contributed by atoms with van der Waals surface area (Å²) in [4.78, 5) is 18.8. The van der Waals surface area contributed by atoms with Crippen LogP contribution in [-0.2, 0) is 0 Å². The highest BCUT2D eigenvalue weighted by Crippen LogP contribution is 2.30. The Morgan fingerprint density at radius 1 is 1.29 bits per heavy atom. The Kier molecular flexibility index (Phi) is 3.77. The van der Waals surface area contributed by atoms with Gasteiger partial charge in [-0.3, -0.25) is 4.79 Å². The Labute approximate surface area is 123 Å². The van der Waals surface area contributed by atoms with Crippen molar-refractivity contribution in [1.82, 2.24) is 15.0 Å². The van der Waals surface area contributed by atoms with Gasteiger partial charge in [-0.15, -0.1) is 0 Å². The molecule has 0 aromatic carbocycles. The van der Waals surface area contributed by atoms with Crippen molar-refractivity contribution in [3.8, 4) is 0 Å². The van der Waals surface area contributed by atoms with Gasteiger partial charge in [0.1, 0.15) is 5.76 Å². The van der Waals surface area contributed by atoms with Crippen molar-refractivity contribution in [3.05, 3.63) is 35.4 Å². The SMILES string of the molecule is Cc1ccc(C(=O)N2CCCCC[C@@H]2c2noc(C)n2)o1. The molecular weight excluding hydrogens is 270 g/mol. The summed E-state index contributed by atoms with van der Waals surface area (Å²) >= 11 is 0. The lowest BCUT2D eigenvalue weighted by molar-refractivity contribution is 0.0636. The van der Waals surface area contributed by atoms with E-state index in [1.165, 1.54) is 0 Å². The highest BCUT2D eigenvalue weighted by Gasteiger charge is 2.31. The third kappa shape index (κ3) is 2.84. The Bertz CT molecular complexity index is 632. The van der Waals surface area contributed by atoms with Gasteiger partial charge in [-0.25, -0.2) is 0 Å². The van der Waals surface area contributed by atoms with Crippen molar-refractivity contribution < 1.29 is 13.7 Å².